The molecule has 1 aliphatic rings. The van der Waals surface area contributed by atoms with E-state index in [1.54, 1.807) is 13.0 Å². The van der Waals surface area contributed by atoms with E-state index in [4.69, 9.17) is 15.9 Å². The molecular weight excluding hydrogens is 467 g/mol. The average Bonchev–Trinajstić information content (AvgIpc) is 2.88. The third-order valence-corrected chi connectivity index (χ3v) is 5.51. The topological polar surface area (TPSA) is 86.8 Å². The highest BCUT2D eigenvalue weighted by Crippen LogP contribution is 2.16. The molecule has 6 heteroatoms. The van der Waals surface area contributed by atoms with Crippen molar-refractivity contribution in [1.29, 1.82) is 0 Å². The summed E-state index contributed by atoms with van der Waals surface area (Å²) in [7, 11) is 0. The number of halogens is 1. The molecule has 1 aromatic carbocycles. The molecule has 5 nitrogen and oxygen atoms in total. The van der Waals surface area contributed by atoms with Crippen molar-refractivity contribution in [3.05, 3.63) is 58.2 Å². The molecule has 1 unspecified atom stereocenters. The van der Waals surface area contributed by atoms with Crippen molar-refractivity contribution < 1.29 is 19.4 Å². The highest BCUT2D eigenvalue weighted by molar-refractivity contribution is 5.92. The van der Waals surface area contributed by atoms with Crippen molar-refractivity contribution in [2.24, 2.45) is 11.7 Å². The van der Waals surface area contributed by atoms with Crippen molar-refractivity contribution in [1.82, 2.24) is 4.90 Å². The van der Waals surface area contributed by atoms with Gasteiger partial charge in [-0.15, -0.1) is 0 Å². The van der Waals surface area contributed by atoms with Crippen LogP contribution in [0.1, 0.15) is 85.4 Å². The van der Waals surface area contributed by atoms with Gasteiger partial charge in [-0.1, -0.05) is 77.8 Å². The number of nitrogens with zero attached hydrogens (tertiary/aromatic N) is 1. The number of likely N-dealkylation sites (tertiary alicyclic amines) is 1. The normalized spacial score (nSPS) is 13.7. The summed E-state index contributed by atoms with van der Waals surface area (Å²) in [4.78, 5) is 12.9. The lowest BCUT2D eigenvalue weighted by atomic mass is 9.98. The number of primary amides is 1. The number of aliphatic hydroxyl groups is 2. The zero-order chi connectivity index (χ0) is 30.0. The van der Waals surface area contributed by atoms with Crippen molar-refractivity contribution in [2.75, 3.05) is 32.9 Å². The fraction of sp³-hybridized carbons (Fsp3) is 0.645. The van der Waals surface area contributed by atoms with Crippen LogP contribution in [0.4, 0.5) is 4.39 Å². The average molecular weight is 527 g/mol. The summed E-state index contributed by atoms with van der Waals surface area (Å²) in [6.45, 7) is 27.1. The van der Waals surface area contributed by atoms with E-state index >= 15 is 0 Å². The Hall–Kier alpha value is -2.02. The Morgan fingerprint density at radius 2 is 1.57 bits per heavy atom. The second kappa shape index (κ2) is 28.5. The molecule has 4 N–H and O–H groups in total. The number of carbonyl (C=O) groups is 1. The maximum Gasteiger partial charge on any atom is 0.247 e. The van der Waals surface area contributed by atoms with Crippen LogP contribution in [0, 0.1) is 26.7 Å². The number of aliphatic hydroxyl groups excluding tert-OH is 2. The first-order valence-corrected chi connectivity index (χ1v) is 13.7. The van der Waals surface area contributed by atoms with Crippen LogP contribution in [0.5, 0.6) is 0 Å². The van der Waals surface area contributed by atoms with Crippen LogP contribution >= 0.6 is 0 Å². The summed E-state index contributed by atoms with van der Waals surface area (Å²) >= 11 is 0. The van der Waals surface area contributed by atoms with Gasteiger partial charge < -0.3 is 20.8 Å². The van der Waals surface area contributed by atoms with Crippen LogP contribution in [-0.4, -0.2) is 60.0 Å². The number of nitrogens with two attached hydrogens (primary N) is 1. The van der Waals surface area contributed by atoms with E-state index in [9.17, 15) is 9.18 Å². The molecule has 218 valence electrons. The monoisotopic (exact) mass is 526 g/mol. The molecular formula is C31H59FN2O3. The molecule has 0 saturated carbocycles. The number of rotatable bonds is 6. The highest BCUT2D eigenvalue weighted by Gasteiger charge is 2.22. The minimum atomic E-state index is -0.805. The number of hydrogen-bond donors (Lipinski definition) is 3. The SMILES string of the molecule is C/C=C(C)\C=C(/CF)C(N)=O.CC.CC.CC(O)CO.CCC1CN(CC)C1.Cc1cccc(C)c1C. The Bertz CT molecular complexity index is 697. The number of hydrogen-bond acceptors (Lipinski definition) is 4. The lowest BCUT2D eigenvalue weighted by Gasteiger charge is -2.37. The Labute approximate surface area is 228 Å². The Balaban J connectivity index is -0.000000192. The predicted molar refractivity (Wildman–Crippen MR) is 161 cm³/mol. The minimum Gasteiger partial charge on any atom is -0.394 e. The molecule has 0 spiro atoms. The molecule has 1 aromatic rings. The summed E-state index contributed by atoms with van der Waals surface area (Å²) in [5, 5.41) is 16.0. The Morgan fingerprint density at radius 1 is 1.14 bits per heavy atom. The smallest absolute Gasteiger partial charge is 0.247 e. The molecule has 1 amide bonds. The van der Waals surface area contributed by atoms with E-state index in [0.29, 0.717) is 0 Å². The summed E-state index contributed by atoms with van der Waals surface area (Å²) in [6.07, 6.45) is 4.03. The van der Waals surface area contributed by atoms with Crippen molar-refractivity contribution >= 4 is 5.91 Å². The largest absolute Gasteiger partial charge is 0.394 e. The number of allylic oxidation sites excluding steroid dienone is 3. The van der Waals surface area contributed by atoms with Gasteiger partial charge in [-0.05, 0) is 76.8 Å². The van der Waals surface area contributed by atoms with Crippen LogP contribution in [0.3, 0.4) is 0 Å². The Morgan fingerprint density at radius 3 is 1.81 bits per heavy atom. The maximum absolute atomic E-state index is 12.0. The van der Waals surface area contributed by atoms with E-state index in [1.807, 2.05) is 34.6 Å². The van der Waals surface area contributed by atoms with Crippen molar-refractivity contribution in [2.45, 2.75) is 95.6 Å². The number of amides is 1. The fourth-order valence-electron chi connectivity index (χ4n) is 2.62. The first-order chi connectivity index (χ1) is 17.5. The second-order valence-electron chi connectivity index (χ2n) is 8.38. The molecule has 1 fully saturated rings. The van der Waals surface area contributed by atoms with Crippen molar-refractivity contribution in [3.8, 4) is 0 Å². The molecule has 0 aliphatic carbocycles. The first-order valence-electron chi connectivity index (χ1n) is 13.7. The second-order valence-corrected chi connectivity index (χ2v) is 8.38. The van der Waals surface area contributed by atoms with Crippen molar-refractivity contribution in [3.63, 3.8) is 0 Å². The molecule has 1 heterocycles. The highest BCUT2D eigenvalue weighted by atomic mass is 19.1. The predicted octanol–water partition coefficient (Wildman–Crippen LogP) is 6.71. The molecule has 1 saturated heterocycles. The van der Waals surface area contributed by atoms with E-state index < -0.39 is 18.7 Å². The summed E-state index contributed by atoms with van der Waals surface area (Å²) in [5.41, 5.74) is 9.90. The lowest BCUT2D eigenvalue weighted by Crippen LogP contribution is -2.45. The molecule has 0 radical (unpaired) electrons. The zero-order valence-corrected chi connectivity index (χ0v) is 26.0. The minimum absolute atomic E-state index is 0.0144. The van der Waals surface area contributed by atoms with Crippen LogP contribution in [0.15, 0.2) is 41.5 Å². The van der Waals surface area contributed by atoms with Gasteiger partial charge in [-0.2, -0.15) is 0 Å². The molecule has 0 bridgehead atoms. The van der Waals surface area contributed by atoms with E-state index in [2.05, 4.69) is 57.7 Å². The summed E-state index contributed by atoms with van der Waals surface area (Å²) in [6, 6.07) is 6.38. The van der Waals surface area contributed by atoms with Gasteiger partial charge in [-0.25, -0.2) is 4.39 Å². The number of carbonyl (C=O) groups excluding carboxylic acids is 1. The molecule has 2 rings (SSSR count). The van der Waals surface area contributed by atoms with Crippen LogP contribution in [-0.2, 0) is 4.79 Å². The molecule has 37 heavy (non-hydrogen) atoms. The molecule has 1 aliphatic heterocycles. The summed E-state index contributed by atoms with van der Waals surface area (Å²) in [5.74, 6) is 0.323. The van der Waals surface area contributed by atoms with Gasteiger partial charge in [0.25, 0.3) is 0 Å². The number of alkyl halides is 1. The quantitative estimate of drug-likeness (QED) is 0.284. The van der Waals surface area contributed by atoms with Gasteiger partial charge in [0, 0.05) is 18.7 Å². The Kier molecular flexibility index (Phi) is 32.5. The maximum atomic E-state index is 12.0. The van der Waals surface area contributed by atoms with Gasteiger partial charge in [-0.3, -0.25) is 4.79 Å². The number of benzene rings is 1. The standard InChI is InChI=1S/C9H12.C8H12FNO.C7H15N.C3H8O2.2C2H6/c1-7-5-4-6-8(2)9(7)3;1-3-6(2)4-7(5-9)8(10)11;1-3-7-5-8(4-2)6-7;1-3(5)2-4;2*1-2/h4-6H,1-3H3;3-4H,5H2,1-2H3,(H2,10,11);7H,3-6H2,1-2H3;3-5H,2H2,1H3;2*1-2H3/b;6-3-,7-4+;;;;. The van der Waals surface area contributed by atoms with Crippen LogP contribution in [0.25, 0.3) is 0 Å². The van der Waals surface area contributed by atoms with Gasteiger partial charge in [0.2, 0.25) is 5.91 Å². The lowest BCUT2D eigenvalue weighted by molar-refractivity contribution is -0.114. The fourth-order valence-corrected chi connectivity index (χ4v) is 2.62. The van der Waals surface area contributed by atoms with Crippen LogP contribution < -0.4 is 5.73 Å². The summed E-state index contributed by atoms with van der Waals surface area (Å²) < 4.78 is 12.0. The molecule has 1 atom stereocenters. The van der Waals surface area contributed by atoms with E-state index in [-0.39, 0.29) is 12.2 Å². The van der Waals surface area contributed by atoms with Gasteiger partial charge in [0.15, 0.2) is 0 Å². The third kappa shape index (κ3) is 24.1. The zero-order valence-electron chi connectivity index (χ0n) is 26.0. The van der Waals surface area contributed by atoms with Gasteiger partial charge >= 0.3 is 0 Å². The first kappa shape index (κ1) is 42.1. The van der Waals surface area contributed by atoms with Gasteiger partial charge in [0.05, 0.1) is 12.7 Å². The number of aryl methyl sites for hydroxylation is 2. The van der Waals surface area contributed by atoms with E-state index in [1.165, 1.54) is 55.7 Å². The third-order valence-electron chi connectivity index (χ3n) is 5.51. The van der Waals surface area contributed by atoms with Gasteiger partial charge in [0.1, 0.15) is 6.67 Å². The molecule has 0 aromatic heterocycles. The van der Waals surface area contributed by atoms with E-state index in [0.717, 1.165) is 11.5 Å². The van der Waals surface area contributed by atoms with Crippen LogP contribution in [0.2, 0.25) is 0 Å².